The number of carbonyl (C=O) groups excluding carboxylic acids is 1. The molecule has 0 saturated carbocycles. The Labute approximate surface area is 197 Å². The van der Waals surface area contributed by atoms with E-state index in [1.54, 1.807) is 12.4 Å². The normalized spacial score (nSPS) is 21.0. The second-order valence-corrected chi connectivity index (χ2v) is 8.92. The van der Waals surface area contributed by atoms with Crippen LogP contribution in [0.15, 0.2) is 18.7 Å². The van der Waals surface area contributed by atoms with Crippen LogP contribution in [0.4, 0.5) is 14.6 Å². The fourth-order valence-electron chi connectivity index (χ4n) is 4.44. The summed E-state index contributed by atoms with van der Waals surface area (Å²) in [4.78, 5) is 36.9. The third kappa shape index (κ3) is 4.19. The molecule has 1 aliphatic rings. The largest absolute Gasteiger partial charge is 0.356 e. The van der Waals surface area contributed by atoms with Gasteiger partial charge in [-0.25, -0.2) is 33.7 Å². The Kier molecular flexibility index (Phi) is 6.46. The van der Waals surface area contributed by atoms with Crippen LogP contribution in [0.3, 0.4) is 0 Å². The summed E-state index contributed by atoms with van der Waals surface area (Å²) >= 11 is 0. The number of carbonyl (C=O) groups is 1. The van der Waals surface area contributed by atoms with Crippen LogP contribution in [0.1, 0.15) is 39.9 Å². The number of aromatic nitrogens is 6. The van der Waals surface area contributed by atoms with Gasteiger partial charge in [-0.3, -0.25) is 4.79 Å². The van der Waals surface area contributed by atoms with E-state index in [0.717, 1.165) is 5.56 Å². The second-order valence-electron chi connectivity index (χ2n) is 8.92. The number of amides is 1. The number of hydrogen-bond donors (Lipinski definition) is 1. The molecule has 3 atom stereocenters. The van der Waals surface area contributed by atoms with E-state index < -0.39 is 23.8 Å². The number of alkyl halides is 2. The van der Waals surface area contributed by atoms with Gasteiger partial charge >= 0.3 is 0 Å². The predicted molar refractivity (Wildman–Crippen MR) is 124 cm³/mol. The molecule has 11 heteroatoms. The highest BCUT2D eigenvalue weighted by molar-refractivity contribution is 5.90. The lowest BCUT2D eigenvalue weighted by Crippen LogP contribution is -2.56. The molecular formula is C23H30F2N8O. The van der Waals surface area contributed by atoms with Crippen LogP contribution in [0.2, 0.25) is 0 Å². The van der Waals surface area contributed by atoms with Gasteiger partial charge in [0.15, 0.2) is 17.0 Å². The van der Waals surface area contributed by atoms with E-state index in [1.807, 2.05) is 25.3 Å². The minimum atomic E-state index is -2.78. The van der Waals surface area contributed by atoms with Gasteiger partial charge in [-0.15, -0.1) is 0 Å². The van der Waals surface area contributed by atoms with E-state index in [1.165, 1.54) is 25.1 Å². The van der Waals surface area contributed by atoms with Crippen LogP contribution in [0.5, 0.6) is 0 Å². The van der Waals surface area contributed by atoms with Crippen molar-refractivity contribution in [1.82, 2.24) is 34.4 Å². The molecule has 3 aromatic rings. The third-order valence-electron chi connectivity index (χ3n) is 6.52. The second kappa shape index (κ2) is 9.19. The highest BCUT2D eigenvalue weighted by Gasteiger charge is 2.48. The molecule has 1 aliphatic heterocycles. The van der Waals surface area contributed by atoms with E-state index in [9.17, 15) is 13.6 Å². The summed E-state index contributed by atoms with van der Waals surface area (Å²) in [6, 6.07) is -0.623. The summed E-state index contributed by atoms with van der Waals surface area (Å²) < 4.78 is 30.5. The Morgan fingerprint density at radius 3 is 2.38 bits per heavy atom. The van der Waals surface area contributed by atoms with Gasteiger partial charge in [0, 0.05) is 43.9 Å². The van der Waals surface area contributed by atoms with E-state index >= 15 is 0 Å². The average molecular weight is 473 g/mol. The highest BCUT2D eigenvalue weighted by Crippen LogP contribution is 2.38. The van der Waals surface area contributed by atoms with Crippen LogP contribution < -0.4 is 5.32 Å². The molecule has 0 unspecified atom stereocenters. The number of piperidine rings is 1. The Morgan fingerprint density at radius 2 is 1.79 bits per heavy atom. The molecule has 1 fully saturated rings. The maximum atomic E-state index is 14.3. The summed E-state index contributed by atoms with van der Waals surface area (Å²) in [5, 5.41) is 3.21. The molecule has 0 spiro atoms. The number of nitrogens with zero attached hydrogens (tertiary/aromatic N) is 7. The van der Waals surface area contributed by atoms with Gasteiger partial charge in [0.2, 0.25) is 5.91 Å². The zero-order chi connectivity index (χ0) is 24.6. The van der Waals surface area contributed by atoms with Gasteiger partial charge in [0.05, 0.1) is 5.56 Å². The monoisotopic (exact) mass is 472 g/mol. The maximum Gasteiger partial charge on any atom is 0.256 e. The van der Waals surface area contributed by atoms with Gasteiger partial charge in [0.25, 0.3) is 5.92 Å². The number of imidazole rings is 1. The van der Waals surface area contributed by atoms with Crippen molar-refractivity contribution >= 4 is 22.9 Å². The van der Waals surface area contributed by atoms with Gasteiger partial charge in [-0.05, 0) is 20.3 Å². The van der Waals surface area contributed by atoms with E-state index in [0.29, 0.717) is 41.6 Å². The quantitative estimate of drug-likeness (QED) is 0.585. The maximum absolute atomic E-state index is 14.3. The smallest absolute Gasteiger partial charge is 0.256 e. The zero-order valence-electron chi connectivity index (χ0n) is 20.1. The van der Waals surface area contributed by atoms with Crippen molar-refractivity contribution in [2.75, 3.05) is 18.4 Å². The third-order valence-corrected chi connectivity index (χ3v) is 6.52. The van der Waals surface area contributed by atoms with E-state index in [4.69, 9.17) is 4.98 Å². The lowest BCUT2D eigenvalue weighted by Gasteiger charge is -2.42. The first kappa shape index (κ1) is 23.9. The van der Waals surface area contributed by atoms with Crippen molar-refractivity contribution < 1.29 is 13.6 Å². The average Bonchev–Trinajstić information content (AvgIpc) is 3.20. The van der Waals surface area contributed by atoms with E-state index in [-0.39, 0.29) is 19.0 Å². The van der Waals surface area contributed by atoms with Crippen molar-refractivity contribution in [1.29, 1.82) is 0 Å². The Balaban J connectivity index is 1.64. The number of halogens is 2. The number of likely N-dealkylation sites (tertiary alicyclic amines) is 1. The fourth-order valence-corrected chi connectivity index (χ4v) is 4.44. The Bertz CT molecular complexity index is 1170. The topological polar surface area (TPSA) is 102 Å². The molecule has 1 saturated heterocycles. The summed E-state index contributed by atoms with van der Waals surface area (Å²) in [6.45, 7) is 9.32. The summed E-state index contributed by atoms with van der Waals surface area (Å²) in [6.07, 6.45) is 5.32. The lowest BCUT2D eigenvalue weighted by atomic mass is 9.87. The van der Waals surface area contributed by atoms with Crippen LogP contribution in [-0.4, -0.2) is 65.3 Å². The first-order valence-corrected chi connectivity index (χ1v) is 11.6. The summed E-state index contributed by atoms with van der Waals surface area (Å²) in [7, 11) is 0. The van der Waals surface area contributed by atoms with Crippen molar-refractivity contribution in [3.8, 4) is 11.4 Å². The summed E-state index contributed by atoms with van der Waals surface area (Å²) in [5.74, 6) is -3.06. The van der Waals surface area contributed by atoms with Crippen LogP contribution in [0.25, 0.3) is 22.6 Å². The number of rotatable bonds is 6. The first-order chi connectivity index (χ1) is 16.2. The van der Waals surface area contributed by atoms with Crippen molar-refractivity contribution in [2.45, 2.75) is 59.5 Å². The highest BCUT2D eigenvalue weighted by atomic mass is 19.3. The molecular weight excluding hydrogens is 442 g/mol. The predicted octanol–water partition coefficient (Wildman–Crippen LogP) is 3.55. The molecule has 182 valence electrons. The molecule has 0 aromatic carbocycles. The standard InChI is InChI=1S/C23H30F2N8O/c1-6-17(22(34)32-10-13(3)23(24,25)14(4)11-32)30-19-18-21(29-12-28-19)33(7-2)20(31-18)16-8-26-15(5)27-9-16/h8-9,12-14,17H,6-7,10-11H2,1-5H3,(H,28,29,30)/t13-,14+,17-/m1/s1. The fraction of sp³-hybridized carbons (Fsp3) is 0.565. The molecule has 4 rings (SSSR count). The van der Waals surface area contributed by atoms with Crippen LogP contribution >= 0.6 is 0 Å². The number of fused-ring (bicyclic) bond motifs is 1. The molecule has 0 bridgehead atoms. The minimum Gasteiger partial charge on any atom is -0.356 e. The molecule has 1 amide bonds. The van der Waals surface area contributed by atoms with Gasteiger partial charge < -0.3 is 14.8 Å². The molecule has 3 aromatic heterocycles. The Morgan fingerprint density at radius 1 is 1.15 bits per heavy atom. The molecule has 1 N–H and O–H groups in total. The molecule has 4 heterocycles. The number of anilines is 1. The van der Waals surface area contributed by atoms with Gasteiger partial charge in [-0.2, -0.15) is 0 Å². The SMILES string of the molecule is CC[C@@H](Nc1ncnc2c1nc(-c1cnc(C)nc1)n2CC)C(=O)N1C[C@@H](C)C(F)(F)[C@@H](C)C1. The number of aryl methyl sites for hydroxylation is 2. The molecule has 0 aliphatic carbocycles. The Hall–Kier alpha value is -3.24. The molecule has 34 heavy (non-hydrogen) atoms. The molecule has 0 radical (unpaired) electrons. The van der Waals surface area contributed by atoms with Gasteiger partial charge in [-0.1, -0.05) is 20.8 Å². The zero-order valence-corrected chi connectivity index (χ0v) is 20.1. The van der Waals surface area contributed by atoms with Crippen LogP contribution in [0, 0.1) is 18.8 Å². The number of hydrogen-bond acceptors (Lipinski definition) is 7. The minimum absolute atomic E-state index is 0.0234. The lowest BCUT2D eigenvalue weighted by molar-refractivity contribution is -0.158. The van der Waals surface area contributed by atoms with Crippen molar-refractivity contribution in [3.05, 3.63) is 24.5 Å². The van der Waals surface area contributed by atoms with Crippen LogP contribution in [-0.2, 0) is 11.3 Å². The summed E-state index contributed by atoms with van der Waals surface area (Å²) in [5.41, 5.74) is 1.90. The van der Waals surface area contributed by atoms with E-state index in [2.05, 4.69) is 25.3 Å². The van der Waals surface area contributed by atoms with Gasteiger partial charge in [0.1, 0.15) is 24.0 Å². The van der Waals surface area contributed by atoms with Crippen molar-refractivity contribution in [3.63, 3.8) is 0 Å². The van der Waals surface area contributed by atoms with Crippen molar-refractivity contribution in [2.24, 2.45) is 11.8 Å². The number of nitrogens with one attached hydrogen (secondary N) is 1. The first-order valence-electron chi connectivity index (χ1n) is 11.6. The molecule has 9 nitrogen and oxygen atoms in total.